The Hall–Kier alpha value is -2.73. The Morgan fingerprint density at radius 1 is 1.15 bits per heavy atom. The molecule has 1 aromatic carbocycles. The number of likely N-dealkylation sites (tertiary alicyclic amines) is 1. The second-order valence-electron chi connectivity index (χ2n) is 7.19. The number of nitrogens with zero attached hydrogens (tertiary/aromatic N) is 2. The molecule has 3 rings (SSSR count). The summed E-state index contributed by atoms with van der Waals surface area (Å²) in [5.74, 6) is -0.769. The number of piperidine rings is 1. The third kappa shape index (κ3) is 5.37. The quantitative estimate of drug-likeness (QED) is 0.820. The number of carboxylic acids is 1. The van der Waals surface area contributed by atoms with Crippen LogP contribution >= 0.6 is 0 Å². The molecule has 0 bridgehead atoms. The van der Waals surface area contributed by atoms with Crippen LogP contribution in [-0.2, 0) is 13.1 Å². The number of rotatable bonds is 6. The second kappa shape index (κ2) is 8.77. The Balaban J connectivity index is 1.53. The van der Waals surface area contributed by atoms with E-state index in [-0.39, 0.29) is 17.3 Å². The number of hydrogen-bond donors (Lipinski definition) is 2. The van der Waals surface area contributed by atoms with Gasteiger partial charge in [0.05, 0.1) is 0 Å². The van der Waals surface area contributed by atoms with Gasteiger partial charge in [-0.2, -0.15) is 0 Å². The summed E-state index contributed by atoms with van der Waals surface area (Å²) in [6.07, 6.45) is 2.59. The van der Waals surface area contributed by atoms with E-state index in [1.165, 1.54) is 36.6 Å². The lowest BCUT2D eigenvalue weighted by atomic mass is 9.99. The monoisotopic (exact) mass is 367 g/mol. The number of hydrogen-bond acceptors (Lipinski definition) is 4. The van der Waals surface area contributed by atoms with Crippen molar-refractivity contribution in [2.75, 3.05) is 13.1 Å². The zero-order valence-corrected chi connectivity index (χ0v) is 15.5. The molecule has 6 nitrogen and oxygen atoms in total. The summed E-state index contributed by atoms with van der Waals surface area (Å²) in [5.41, 5.74) is 2.23. The molecule has 1 aromatic heterocycles. The molecule has 6 heteroatoms. The van der Waals surface area contributed by atoms with Crippen molar-refractivity contribution in [1.29, 1.82) is 0 Å². The molecular weight excluding hydrogens is 342 g/mol. The third-order valence-corrected chi connectivity index (χ3v) is 4.82. The van der Waals surface area contributed by atoms with Crippen molar-refractivity contribution in [2.45, 2.75) is 32.9 Å². The summed E-state index contributed by atoms with van der Waals surface area (Å²) in [6.45, 7) is 5.95. The van der Waals surface area contributed by atoms with Gasteiger partial charge in [-0.1, -0.05) is 37.3 Å². The van der Waals surface area contributed by atoms with E-state index in [9.17, 15) is 9.59 Å². The van der Waals surface area contributed by atoms with Crippen molar-refractivity contribution in [1.82, 2.24) is 15.2 Å². The number of pyridine rings is 1. The maximum Gasteiger partial charge on any atom is 0.354 e. The fourth-order valence-electron chi connectivity index (χ4n) is 3.40. The van der Waals surface area contributed by atoms with Crippen molar-refractivity contribution in [3.05, 3.63) is 65.0 Å². The van der Waals surface area contributed by atoms with Gasteiger partial charge in [-0.15, -0.1) is 0 Å². The normalized spacial score (nSPS) is 17.4. The van der Waals surface area contributed by atoms with Crippen LogP contribution in [0.2, 0.25) is 0 Å². The lowest BCUT2D eigenvalue weighted by Crippen LogP contribution is -2.33. The molecule has 2 aromatic rings. The number of carbonyl (C=O) groups excluding carboxylic acids is 1. The highest BCUT2D eigenvalue weighted by Gasteiger charge is 2.16. The number of aromatic nitrogens is 1. The first-order chi connectivity index (χ1) is 13.0. The van der Waals surface area contributed by atoms with Crippen LogP contribution in [-0.4, -0.2) is 40.0 Å². The van der Waals surface area contributed by atoms with Crippen LogP contribution < -0.4 is 5.32 Å². The van der Waals surface area contributed by atoms with Gasteiger partial charge >= 0.3 is 5.97 Å². The van der Waals surface area contributed by atoms with Crippen LogP contribution in [0.15, 0.2) is 42.5 Å². The maximum absolute atomic E-state index is 12.2. The van der Waals surface area contributed by atoms with Crippen molar-refractivity contribution in [2.24, 2.45) is 5.92 Å². The minimum Gasteiger partial charge on any atom is -0.477 e. The van der Waals surface area contributed by atoms with Crippen LogP contribution in [0, 0.1) is 5.92 Å². The number of nitrogens with one attached hydrogen (secondary N) is 1. The van der Waals surface area contributed by atoms with Crippen molar-refractivity contribution < 1.29 is 14.7 Å². The maximum atomic E-state index is 12.2. The Morgan fingerprint density at radius 2 is 1.85 bits per heavy atom. The van der Waals surface area contributed by atoms with Gasteiger partial charge in [-0.3, -0.25) is 9.69 Å². The number of benzene rings is 1. The van der Waals surface area contributed by atoms with Crippen LogP contribution in [0.25, 0.3) is 0 Å². The van der Waals surface area contributed by atoms with Gasteiger partial charge in [0.1, 0.15) is 11.4 Å². The van der Waals surface area contributed by atoms with E-state index in [1.54, 1.807) is 0 Å². The Morgan fingerprint density at radius 3 is 2.56 bits per heavy atom. The molecule has 0 radical (unpaired) electrons. The number of aromatic carboxylic acids is 1. The van der Waals surface area contributed by atoms with Crippen LogP contribution in [0.1, 0.15) is 51.9 Å². The van der Waals surface area contributed by atoms with Gasteiger partial charge in [-0.25, -0.2) is 9.78 Å². The zero-order valence-electron chi connectivity index (χ0n) is 15.5. The molecular formula is C21H25N3O3. The smallest absolute Gasteiger partial charge is 0.354 e. The SMILES string of the molecule is CC1CCCN(Cc2ccc(CNC(=O)c3cccc(C(=O)O)n3)cc2)C1. The molecule has 2 N–H and O–H groups in total. The minimum absolute atomic E-state index is 0.103. The lowest BCUT2D eigenvalue weighted by Gasteiger charge is -2.30. The Bertz CT molecular complexity index is 805. The largest absolute Gasteiger partial charge is 0.477 e. The van der Waals surface area contributed by atoms with Gasteiger partial charge in [0.2, 0.25) is 0 Å². The third-order valence-electron chi connectivity index (χ3n) is 4.82. The molecule has 1 aliphatic heterocycles. The average Bonchev–Trinajstić information content (AvgIpc) is 2.67. The summed E-state index contributed by atoms with van der Waals surface area (Å²) in [7, 11) is 0. The van der Waals surface area contributed by atoms with Crippen molar-refractivity contribution >= 4 is 11.9 Å². The first-order valence-electron chi connectivity index (χ1n) is 9.30. The summed E-state index contributed by atoms with van der Waals surface area (Å²) in [6, 6.07) is 12.6. The molecule has 2 heterocycles. The van der Waals surface area contributed by atoms with E-state index in [1.807, 2.05) is 12.1 Å². The van der Waals surface area contributed by atoms with E-state index in [2.05, 4.69) is 34.3 Å². The minimum atomic E-state index is -1.15. The van der Waals surface area contributed by atoms with Gasteiger partial charge < -0.3 is 10.4 Å². The number of carbonyl (C=O) groups is 2. The lowest BCUT2D eigenvalue weighted by molar-refractivity contribution is 0.0690. The van der Waals surface area contributed by atoms with Gasteiger partial charge in [0.25, 0.3) is 5.91 Å². The zero-order chi connectivity index (χ0) is 19.2. The molecule has 27 heavy (non-hydrogen) atoms. The van der Waals surface area contributed by atoms with Gasteiger partial charge in [0.15, 0.2) is 0 Å². The molecule has 1 unspecified atom stereocenters. The van der Waals surface area contributed by atoms with Crippen LogP contribution in [0.3, 0.4) is 0 Å². The molecule has 1 fully saturated rings. The predicted molar refractivity (Wildman–Crippen MR) is 102 cm³/mol. The molecule has 1 atom stereocenters. The highest BCUT2D eigenvalue weighted by atomic mass is 16.4. The molecule has 1 saturated heterocycles. The summed E-state index contributed by atoms with van der Waals surface area (Å²) < 4.78 is 0. The van der Waals surface area contributed by atoms with E-state index in [4.69, 9.17) is 5.11 Å². The van der Waals surface area contributed by atoms with Crippen molar-refractivity contribution in [3.8, 4) is 0 Å². The Kier molecular flexibility index (Phi) is 6.19. The van der Waals surface area contributed by atoms with E-state index >= 15 is 0 Å². The molecule has 1 aliphatic rings. The van der Waals surface area contributed by atoms with Crippen LogP contribution in [0.4, 0.5) is 0 Å². The topological polar surface area (TPSA) is 82.5 Å². The molecule has 142 valence electrons. The summed E-state index contributed by atoms with van der Waals surface area (Å²) >= 11 is 0. The van der Waals surface area contributed by atoms with Crippen molar-refractivity contribution in [3.63, 3.8) is 0 Å². The van der Waals surface area contributed by atoms with Gasteiger partial charge in [0, 0.05) is 19.6 Å². The molecule has 0 aliphatic carbocycles. The van der Waals surface area contributed by atoms with E-state index in [0.29, 0.717) is 6.54 Å². The summed E-state index contributed by atoms with van der Waals surface area (Å²) in [5, 5.41) is 11.7. The molecule has 0 spiro atoms. The fourth-order valence-corrected chi connectivity index (χ4v) is 3.40. The highest BCUT2D eigenvalue weighted by Crippen LogP contribution is 2.18. The standard InChI is InChI=1S/C21H25N3O3/c1-15-4-3-11-24(13-15)14-17-9-7-16(8-10-17)12-22-20(25)18-5-2-6-19(23-18)21(26)27/h2,5-10,15H,3-4,11-14H2,1H3,(H,22,25)(H,26,27). The first kappa shape index (κ1) is 19.0. The average molecular weight is 367 g/mol. The second-order valence-corrected chi connectivity index (χ2v) is 7.19. The number of carboxylic acid groups (broad SMARTS) is 1. The predicted octanol–water partition coefficient (Wildman–Crippen LogP) is 2.94. The van der Waals surface area contributed by atoms with Gasteiger partial charge in [-0.05, 0) is 48.6 Å². The number of amides is 1. The first-order valence-corrected chi connectivity index (χ1v) is 9.30. The molecule has 0 saturated carbocycles. The van der Waals surface area contributed by atoms with E-state index < -0.39 is 5.97 Å². The van der Waals surface area contributed by atoms with Crippen LogP contribution in [0.5, 0.6) is 0 Å². The Labute approximate surface area is 159 Å². The van der Waals surface area contributed by atoms with E-state index in [0.717, 1.165) is 31.1 Å². The summed E-state index contributed by atoms with van der Waals surface area (Å²) in [4.78, 5) is 29.5. The highest BCUT2D eigenvalue weighted by molar-refractivity contribution is 5.94. The fraction of sp³-hybridized carbons (Fsp3) is 0.381. The molecule has 1 amide bonds.